The molecule has 114 valence electrons. The molecule has 3 rings (SSSR count). The largest absolute Gasteiger partial charge is 0.345 e. The molecule has 0 aliphatic heterocycles. The molecule has 3 aromatic heterocycles. The topological polar surface area (TPSA) is 59.8 Å². The van der Waals surface area contributed by atoms with Crippen molar-refractivity contribution in [2.24, 2.45) is 0 Å². The van der Waals surface area contributed by atoms with Crippen molar-refractivity contribution in [3.05, 3.63) is 56.9 Å². The maximum atomic E-state index is 12.2. The Labute approximate surface area is 136 Å². The Hall–Kier alpha value is -1.99. The minimum absolute atomic E-state index is 0.0585. The molecule has 0 saturated carbocycles. The monoisotopic (exact) mass is 332 g/mol. The second kappa shape index (κ2) is 6.85. The van der Waals surface area contributed by atoms with E-state index < -0.39 is 0 Å². The molecule has 7 heteroatoms. The third-order valence-electron chi connectivity index (χ3n) is 3.15. The van der Waals surface area contributed by atoms with Gasteiger partial charge in [0.15, 0.2) is 0 Å². The lowest BCUT2D eigenvalue weighted by molar-refractivity contribution is -0.122. The van der Waals surface area contributed by atoms with Crippen LogP contribution in [0.4, 0.5) is 0 Å². The third kappa shape index (κ3) is 3.80. The molecular formula is C15H16N4OS2. The zero-order valence-electron chi connectivity index (χ0n) is 12.1. The molecule has 0 radical (unpaired) electrons. The molecule has 0 aromatic carbocycles. The Balaban J connectivity index is 1.71. The Kier molecular flexibility index (Phi) is 4.65. The first-order valence-electron chi connectivity index (χ1n) is 6.90. The Morgan fingerprint density at radius 3 is 3.00 bits per heavy atom. The molecule has 0 aliphatic rings. The number of carbonyl (C=O) groups excluding carboxylic acids is 1. The summed E-state index contributed by atoms with van der Waals surface area (Å²) < 4.78 is 1.62. The van der Waals surface area contributed by atoms with Crippen molar-refractivity contribution in [2.75, 3.05) is 0 Å². The van der Waals surface area contributed by atoms with Crippen molar-refractivity contribution in [1.82, 2.24) is 20.1 Å². The Bertz CT molecular complexity index is 719. The molecule has 1 amide bonds. The second-order valence-corrected chi connectivity index (χ2v) is 6.66. The number of aryl methyl sites for hydroxylation is 1. The van der Waals surface area contributed by atoms with Gasteiger partial charge in [0.1, 0.15) is 11.6 Å². The number of aromatic nitrogens is 3. The predicted octanol–water partition coefficient (Wildman–Crippen LogP) is 2.81. The summed E-state index contributed by atoms with van der Waals surface area (Å²) in [6.07, 6.45) is 4.20. The highest BCUT2D eigenvalue weighted by Gasteiger charge is 2.19. The fourth-order valence-electron chi connectivity index (χ4n) is 2.16. The SMILES string of the molecule is Cc1csc([C@H](Cc2ccsc2)NC(=O)Cn2cccn2)n1. The number of hydrogen-bond acceptors (Lipinski definition) is 5. The summed E-state index contributed by atoms with van der Waals surface area (Å²) in [4.78, 5) is 16.8. The fourth-order valence-corrected chi connectivity index (χ4v) is 3.69. The predicted molar refractivity (Wildman–Crippen MR) is 88.0 cm³/mol. The van der Waals surface area contributed by atoms with Crippen LogP contribution in [0.15, 0.2) is 40.7 Å². The summed E-state index contributed by atoms with van der Waals surface area (Å²) in [7, 11) is 0. The first-order valence-corrected chi connectivity index (χ1v) is 8.73. The maximum Gasteiger partial charge on any atom is 0.242 e. The number of nitrogens with one attached hydrogen (secondary N) is 1. The van der Waals surface area contributed by atoms with Crippen LogP contribution in [0.25, 0.3) is 0 Å². The zero-order chi connectivity index (χ0) is 15.4. The summed E-state index contributed by atoms with van der Waals surface area (Å²) >= 11 is 3.25. The van der Waals surface area contributed by atoms with Gasteiger partial charge in [0.2, 0.25) is 5.91 Å². The Morgan fingerprint density at radius 2 is 2.36 bits per heavy atom. The Morgan fingerprint density at radius 1 is 1.45 bits per heavy atom. The molecule has 0 aliphatic carbocycles. The smallest absolute Gasteiger partial charge is 0.242 e. The van der Waals surface area contributed by atoms with E-state index in [1.54, 1.807) is 45.8 Å². The second-order valence-electron chi connectivity index (χ2n) is 4.99. The van der Waals surface area contributed by atoms with Gasteiger partial charge in [0.05, 0.1) is 6.04 Å². The van der Waals surface area contributed by atoms with Crippen molar-refractivity contribution in [1.29, 1.82) is 0 Å². The highest BCUT2D eigenvalue weighted by Crippen LogP contribution is 2.23. The van der Waals surface area contributed by atoms with Crippen LogP contribution in [0.5, 0.6) is 0 Å². The summed E-state index contributed by atoms with van der Waals surface area (Å²) in [5, 5.41) is 14.2. The van der Waals surface area contributed by atoms with E-state index in [1.165, 1.54) is 5.56 Å². The van der Waals surface area contributed by atoms with Crippen molar-refractivity contribution < 1.29 is 4.79 Å². The van der Waals surface area contributed by atoms with Crippen LogP contribution in [-0.2, 0) is 17.8 Å². The number of carbonyl (C=O) groups is 1. The number of thiazole rings is 1. The van der Waals surface area contributed by atoms with Gasteiger partial charge in [0.25, 0.3) is 0 Å². The molecule has 22 heavy (non-hydrogen) atoms. The summed E-state index contributed by atoms with van der Waals surface area (Å²) in [5.41, 5.74) is 2.19. The van der Waals surface area contributed by atoms with Gasteiger partial charge in [-0.25, -0.2) is 4.98 Å². The molecule has 0 bridgehead atoms. The van der Waals surface area contributed by atoms with Gasteiger partial charge in [-0.1, -0.05) is 0 Å². The van der Waals surface area contributed by atoms with E-state index in [9.17, 15) is 4.79 Å². The van der Waals surface area contributed by atoms with E-state index >= 15 is 0 Å². The highest BCUT2D eigenvalue weighted by atomic mass is 32.1. The third-order valence-corrected chi connectivity index (χ3v) is 4.96. The van der Waals surface area contributed by atoms with Crippen LogP contribution in [0, 0.1) is 6.92 Å². The van der Waals surface area contributed by atoms with Crippen molar-refractivity contribution in [2.45, 2.75) is 25.9 Å². The number of amides is 1. The van der Waals surface area contributed by atoms with Crippen molar-refractivity contribution in [3.8, 4) is 0 Å². The van der Waals surface area contributed by atoms with Crippen LogP contribution in [0.3, 0.4) is 0 Å². The van der Waals surface area contributed by atoms with Gasteiger partial charge >= 0.3 is 0 Å². The molecule has 3 aromatic rings. The molecule has 1 atom stereocenters. The molecule has 0 unspecified atom stereocenters. The van der Waals surface area contributed by atoms with Crippen molar-refractivity contribution >= 4 is 28.6 Å². The molecule has 0 spiro atoms. The van der Waals surface area contributed by atoms with Gasteiger partial charge in [-0.2, -0.15) is 16.4 Å². The van der Waals surface area contributed by atoms with Gasteiger partial charge < -0.3 is 5.32 Å². The maximum absolute atomic E-state index is 12.2. The normalized spacial score (nSPS) is 12.2. The number of rotatable bonds is 6. The standard InChI is InChI=1S/C15H16N4OS2/c1-11-9-22-15(17-11)13(7-12-3-6-21-10-12)18-14(20)8-19-5-2-4-16-19/h2-6,9-10,13H,7-8H2,1H3,(H,18,20)/t13-/m0/s1. The first-order chi connectivity index (χ1) is 10.7. The zero-order valence-corrected chi connectivity index (χ0v) is 13.7. The van der Waals surface area contributed by atoms with Crippen LogP contribution in [0.2, 0.25) is 0 Å². The van der Waals surface area contributed by atoms with Crippen molar-refractivity contribution in [3.63, 3.8) is 0 Å². The van der Waals surface area contributed by atoms with E-state index in [2.05, 4.69) is 26.8 Å². The lowest BCUT2D eigenvalue weighted by atomic mass is 10.1. The minimum Gasteiger partial charge on any atom is -0.345 e. The van der Waals surface area contributed by atoms with Gasteiger partial charge in [0, 0.05) is 29.9 Å². The van der Waals surface area contributed by atoms with Crippen LogP contribution in [0.1, 0.15) is 22.3 Å². The van der Waals surface area contributed by atoms with Crippen LogP contribution in [-0.4, -0.2) is 20.7 Å². The van der Waals surface area contributed by atoms with E-state index in [0.717, 1.165) is 17.1 Å². The van der Waals surface area contributed by atoms with E-state index in [-0.39, 0.29) is 18.5 Å². The highest BCUT2D eigenvalue weighted by molar-refractivity contribution is 7.09. The molecule has 5 nitrogen and oxygen atoms in total. The lowest BCUT2D eigenvalue weighted by Crippen LogP contribution is -2.32. The van der Waals surface area contributed by atoms with E-state index in [0.29, 0.717) is 0 Å². The number of nitrogens with zero attached hydrogens (tertiary/aromatic N) is 3. The van der Waals surface area contributed by atoms with Crippen LogP contribution < -0.4 is 5.32 Å². The molecule has 0 saturated heterocycles. The molecular weight excluding hydrogens is 316 g/mol. The first kappa shape index (κ1) is 14.9. The quantitative estimate of drug-likeness (QED) is 0.755. The molecule has 1 N–H and O–H groups in total. The van der Waals surface area contributed by atoms with Gasteiger partial charge in [-0.15, -0.1) is 11.3 Å². The summed E-state index contributed by atoms with van der Waals surface area (Å²) in [6, 6.07) is 3.79. The lowest BCUT2D eigenvalue weighted by Gasteiger charge is -2.16. The number of hydrogen-bond donors (Lipinski definition) is 1. The molecule has 0 fully saturated rings. The number of thiophene rings is 1. The van der Waals surface area contributed by atoms with E-state index in [1.807, 2.05) is 17.7 Å². The van der Waals surface area contributed by atoms with E-state index in [4.69, 9.17) is 0 Å². The summed E-state index contributed by atoms with van der Waals surface area (Å²) in [5.74, 6) is -0.0585. The molecule has 3 heterocycles. The van der Waals surface area contributed by atoms with Gasteiger partial charge in [-0.05, 0) is 35.4 Å². The average Bonchev–Trinajstić information content (AvgIpc) is 3.20. The summed E-state index contributed by atoms with van der Waals surface area (Å²) in [6.45, 7) is 2.19. The average molecular weight is 332 g/mol. The minimum atomic E-state index is -0.101. The van der Waals surface area contributed by atoms with Crippen LogP contribution >= 0.6 is 22.7 Å². The van der Waals surface area contributed by atoms with Gasteiger partial charge in [-0.3, -0.25) is 9.48 Å². The fraction of sp³-hybridized carbons (Fsp3) is 0.267.